The molecule has 0 saturated carbocycles. The van der Waals surface area contributed by atoms with Crippen molar-refractivity contribution < 1.29 is 0 Å². The standard InChI is InChI=1S/C25H27N5O/c1-3-30-10-4-5-21(30)15-26-20-8-6-17-7-9-24-23(25(31)22(17)12-20)11-18(13-27-24)19-14-28-29(2)16-19/h6-9,11-14,16,21,26H,3-5,10,15H2,1-2H3. The van der Waals surface area contributed by atoms with Crippen molar-refractivity contribution in [2.24, 2.45) is 7.05 Å². The van der Waals surface area contributed by atoms with Crippen LogP contribution in [0.25, 0.3) is 32.8 Å². The molecule has 6 nitrogen and oxygen atoms in total. The highest BCUT2D eigenvalue weighted by Crippen LogP contribution is 2.24. The molecule has 158 valence electrons. The van der Waals surface area contributed by atoms with Crippen LogP contribution >= 0.6 is 0 Å². The normalized spacial score (nSPS) is 16.9. The van der Waals surface area contributed by atoms with E-state index in [1.807, 2.05) is 43.6 Å². The molecule has 1 atom stereocenters. The highest BCUT2D eigenvalue weighted by atomic mass is 16.1. The zero-order valence-corrected chi connectivity index (χ0v) is 18.0. The summed E-state index contributed by atoms with van der Waals surface area (Å²) in [4.78, 5) is 20.6. The predicted molar refractivity (Wildman–Crippen MR) is 126 cm³/mol. The predicted octanol–water partition coefficient (Wildman–Crippen LogP) is 4.04. The Morgan fingerprint density at radius 1 is 1.10 bits per heavy atom. The fourth-order valence-electron chi connectivity index (χ4n) is 4.62. The van der Waals surface area contributed by atoms with Crippen LogP contribution in [0.3, 0.4) is 0 Å². The Bertz CT molecular complexity index is 1310. The molecule has 0 bridgehead atoms. The van der Waals surface area contributed by atoms with Crippen LogP contribution in [-0.4, -0.2) is 45.3 Å². The van der Waals surface area contributed by atoms with Crippen molar-refractivity contribution in [2.75, 3.05) is 25.0 Å². The van der Waals surface area contributed by atoms with Gasteiger partial charge in [0.1, 0.15) is 0 Å². The van der Waals surface area contributed by atoms with Crippen LogP contribution in [0.4, 0.5) is 5.69 Å². The van der Waals surface area contributed by atoms with Crippen LogP contribution in [-0.2, 0) is 7.05 Å². The highest BCUT2D eigenvalue weighted by Gasteiger charge is 2.22. The summed E-state index contributed by atoms with van der Waals surface area (Å²) in [5.41, 5.74) is 3.54. The van der Waals surface area contributed by atoms with E-state index in [2.05, 4.69) is 33.3 Å². The Hall–Kier alpha value is -3.25. The van der Waals surface area contributed by atoms with E-state index >= 15 is 0 Å². The molecule has 1 fully saturated rings. The van der Waals surface area contributed by atoms with E-state index < -0.39 is 0 Å². The van der Waals surface area contributed by atoms with Gasteiger partial charge in [0.2, 0.25) is 0 Å². The van der Waals surface area contributed by atoms with Gasteiger partial charge in [-0.3, -0.25) is 19.4 Å². The lowest BCUT2D eigenvalue weighted by molar-refractivity contribution is 0.277. The van der Waals surface area contributed by atoms with Crippen LogP contribution in [0.5, 0.6) is 0 Å². The van der Waals surface area contributed by atoms with E-state index in [9.17, 15) is 4.79 Å². The minimum atomic E-state index is 0.00735. The summed E-state index contributed by atoms with van der Waals surface area (Å²) in [6.07, 6.45) is 8.01. The van der Waals surface area contributed by atoms with Crippen LogP contribution < -0.4 is 10.7 Å². The van der Waals surface area contributed by atoms with Crippen molar-refractivity contribution >= 4 is 27.4 Å². The molecular weight excluding hydrogens is 386 g/mol. The molecule has 0 aliphatic carbocycles. The summed E-state index contributed by atoms with van der Waals surface area (Å²) in [6, 6.07) is 12.5. The Labute approximate surface area is 181 Å². The van der Waals surface area contributed by atoms with Gasteiger partial charge in [0.05, 0.1) is 11.7 Å². The highest BCUT2D eigenvalue weighted by molar-refractivity contribution is 5.94. The molecule has 4 aromatic rings. The number of anilines is 1. The number of rotatable bonds is 5. The third-order valence-electron chi connectivity index (χ3n) is 6.37. The van der Waals surface area contributed by atoms with Gasteiger partial charge in [0.25, 0.3) is 0 Å². The average Bonchev–Trinajstić information content (AvgIpc) is 3.41. The molecule has 2 aromatic heterocycles. The van der Waals surface area contributed by atoms with Gasteiger partial charge in [-0.2, -0.15) is 5.10 Å². The maximum atomic E-state index is 13.5. The fourth-order valence-corrected chi connectivity index (χ4v) is 4.62. The SMILES string of the molecule is CCN1CCCC1CNc1ccc2ccc3ncc(-c4cnn(C)c4)cc3c(=O)c2c1. The van der Waals surface area contributed by atoms with E-state index in [0.29, 0.717) is 22.3 Å². The summed E-state index contributed by atoms with van der Waals surface area (Å²) in [7, 11) is 1.88. The fraction of sp³-hybridized carbons (Fsp3) is 0.320. The second-order valence-electron chi connectivity index (χ2n) is 8.33. The summed E-state index contributed by atoms with van der Waals surface area (Å²) >= 11 is 0. The van der Waals surface area contributed by atoms with Crippen molar-refractivity contribution in [3.63, 3.8) is 0 Å². The summed E-state index contributed by atoms with van der Waals surface area (Å²) in [5.74, 6) is 0. The van der Waals surface area contributed by atoms with E-state index in [1.165, 1.54) is 19.4 Å². The second-order valence-corrected chi connectivity index (χ2v) is 8.33. The van der Waals surface area contributed by atoms with Crippen molar-refractivity contribution in [3.8, 4) is 11.1 Å². The minimum absolute atomic E-state index is 0.00735. The van der Waals surface area contributed by atoms with Gasteiger partial charge in [0.15, 0.2) is 5.43 Å². The number of likely N-dealkylation sites (tertiary alicyclic amines) is 1. The zero-order chi connectivity index (χ0) is 21.4. The van der Waals surface area contributed by atoms with Gasteiger partial charge in [-0.1, -0.05) is 19.1 Å². The molecular formula is C25H27N5O. The first-order valence-electron chi connectivity index (χ1n) is 11.0. The molecule has 31 heavy (non-hydrogen) atoms. The van der Waals surface area contributed by atoms with Crippen molar-refractivity contribution in [1.82, 2.24) is 19.7 Å². The lowest BCUT2D eigenvalue weighted by atomic mass is 10.1. The number of benzene rings is 1. The number of nitrogens with one attached hydrogen (secondary N) is 1. The summed E-state index contributed by atoms with van der Waals surface area (Å²) in [5, 5.41) is 10.1. The Morgan fingerprint density at radius 2 is 1.97 bits per heavy atom. The molecule has 0 radical (unpaired) electrons. The molecule has 1 N–H and O–H groups in total. The Morgan fingerprint density at radius 3 is 2.77 bits per heavy atom. The number of hydrogen-bond acceptors (Lipinski definition) is 5. The smallest absolute Gasteiger partial charge is 0.195 e. The Balaban J connectivity index is 1.54. The number of aryl methyl sites for hydroxylation is 1. The van der Waals surface area contributed by atoms with Gasteiger partial charge < -0.3 is 5.32 Å². The number of pyridine rings is 1. The maximum absolute atomic E-state index is 13.5. The van der Waals surface area contributed by atoms with Crippen LogP contribution in [0.1, 0.15) is 19.8 Å². The minimum Gasteiger partial charge on any atom is -0.383 e. The molecule has 5 rings (SSSR count). The van der Waals surface area contributed by atoms with E-state index in [1.54, 1.807) is 17.1 Å². The number of likely N-dealkylation sites (N-methyl/N-ethyl adjacent to an activating group) is 1. The van der Waals surface area contributed by atoms with Crippen molar-refractivity contribution in [2.45, 2.75) is 25.8 Å². The average molecular weight is 414 g/mol. The third-order valence-corrected chi connectivity index (χ3v) is 6.37. The van der Waals surface area contributed by atoms with E-state index in [0.717, 1.165) is 35.3 Å². The molecule has 1 aliphatic heterocycles. The second kappa shape index (κ2) is 8.12. The number of aromatic nitrogens is 3. The van der Waals surface area contributed by atoms with Crippen molar-refractivity contribution in [3.05, 3.63) is 65.2 Å². The molecule has 2 aromatic carbocycles. The first-order chi connectivity index (χ1) is 15.1. The maximum Gasteiger partial charge on any atom is 0.195 e. The molecule has 0 spiro atoms. The lowest BCUT2D eigenvalue weighted by Gasteiger charge is -2.23. The van der Waals surface area contributed by atoms with Crippen LogP contribution in [0, 0.1) is 0 Å². The Kier molecular flexibility index (Phi) is 5.16. The van der Waals surface area contributed by atoms with Gasteiger partial charge in [0, 0.05) is 59.6 Å². The quantitative estimate of drug-likeness (QED) is 0.535. The van der Waals surface area contributed by atoms with Gasteiger partial charge in [-0.15, -0.1) is 0 Å². The molecule has 1 aliphatic rings. The van der Waals surface area contributed by atoms with Gasteiger partial charge >= 0.3 is 0 Å². The monoisotopic (exact) mass is 413 g/mol. The number of fused-ring (bicyclic) bond motifs is 2. The molecule has 0 amide bonds. The molecule has 1 unspecified atom stereocenters. The van der Waals surface area contributed by atoms with Crippen LogP contribution in [0.15, 0.2) is 59.8 Å². The van der Waals surface area contributed by atoms with Crippen molar-refractivity contribution in [1.29, 1.82) is 0 Å². The largest absolute Gasteiger partial charge is 0.383 e. The first kappa shape index (κ1) is 19.7. The van der Waals surface area contributed by atoms with Gasteiger partial charge in [-0.05, 0) is 55.6 Å². The summed E-state index contributed by atoms with van der Waals surface area (Å²) in [6.45, 7) is 5.39. The third kappa shape index (κ3) is 3.79. The lowest BCUT2D eigenvalue weighted by Crippen LogP contribution is -2.34. The van der Waals surface area contributed by atoms with E-state index in [4.69, 9.17) is 0 Å². The topological polar surface area (TPSA) is 63.0 Å². The summed E-state index contributed by atoms with van der Waals surface area (Å²) < 4.78 is 1.75. The van der Waals surface area contributed by atoms with E-state index in [-0.39, 0.29) is 5.43 Å². The molecule has 3 heterocycles. The zero-order valence-electron chi connectivity index (χ0n) is 18.0. The van der Waals surface area contributed by atoms with Gasteiger partial charge in [-0.25, -0.2) is 0 Å². The molecule has 1 saturated heterocycles. The molecule has 6 heteroatoms. The van der Waals surface area contributed by atoms with Crippen LogP contribution in [0.2, 0.25) is 0 Å². The number of hydrogen-bond donors (Lipinski definition) is 1. The number of nitrogens with zero attached hydrogens (tertiary/aromatic N) is 4. The first-order valence-corrected chi connectivity index (χ1v) is 11.0.